The third-order valence-corrected chi connectivity index (χ3v) is 4.60. The molecule has 20 heavy (non-hydrogen) atoms. The maximum Gasteiger partial charge on any atom is 0.193 e. The Balaban J connectivity index is 3.49. The van der Waals surface area contributed by atoms with E-state index in [-0.39, 0.29) is 6.42 Å². The molecule has 0 aromatic heterocycles. The van der Waals surface area contributed by atoms with Crippen LogP contribution in [0.1, 0.15) is 77.6 Å². The lowest BCUT2D eigenvalue weighted by molar-refractivity contribution is -0.0444. The van der Waals surface area contributed by atoms with Gasteiger partial charge in [-0.05, 0) is 12.8 Å². The van der Waals surface area contributed by atoms with Gasteiger partial charge in [0.05, 0.1) is 6.61 Å². The van der Waals surface area contributed by atoms with E-state index >= 15 is 0 Å². The van der Waals surface area contributed by atoms with Gasteiger partial charge in [-0.15, -0.1) is 0 Å². The van der Waals surface area contributed by atoms with E-state index in [4.69, 9.17) is 5.11 Å². The number of hydrogen-bond donors (Lipinski definition) is 3. The second-order valence-electron chi connectivity index (χ2n) is 5.60. The van der Waals surface area contributed by atoms with E-state index in [2.05, 4.69) is 6.92 Å². The van der Waals surface area contributed by atoms with Crippen molar-refractivity contribution in [1.82, 2.24) is 0 Å². The van der Waals surface area contributed by atoms with Crippen molar-refractivity contribution in [2.45, 2.75) is 89.0 Å². The van der Waals surface area contributed by atoms with E-state index < -0.39 is 26.5 Å². The van der Waals surface area contributed by atoms with Crippen LogP contribution in [0.5, 0.6) is 0 Å². The van der Waals surface area contributed by atoms with Gasteiger partial charge in [-0.1, -0.05) is 64.7 Å². The number of aliphatic hydroxyl groups is 3. The highest BCUT2D eigenvalue weighted by molar-refractivity contribution is 7.25. The van der Waals surface area contributed by atoms with Gasteiger partial charge in [0.15, 0.2) is 13.8 Å². The van der Waals surface area contributed by atoms with Gasteiger partial charge >= 0.3 is 0 Å². The molecule has 0 saturated carbocycles. The van der Waals surface area contributed by atoms with Crippen molar-refractivity contribution in [3.05, 3.63) is 0 Å². The number of hydrogen-bond acceptors (Lipinski definition) is 4. The van der Waals surface area contributed by atoms with Gasteiger partial charge in [0.2, 0.25) is 0 Å². The molecular weight excluding hydrogens is 275 g/mol. The van der Waals surface area contributed by atoms with Gasteiger partial charge in [0.1, 0.15) is 6.10 Å². The average molecular weight is 306 g/mol. The molecule has 0 rings (SSSR count). The van der Waals surface area contributed by atoms with Crippen LogP contribution >= 0.6 is 8.46 Å². The smallest absolute Gasteiger partial charge is 0.193 e. The summed E-state index contributed by atoms with van der Waals surface area (Å²) >= 11 is 0. The highest BCUT2D eigenvalue weighted by Crippen LogP contribution is 2.30. The molecule has 2 atom stereocenters. The minimum Gasteiger partial charge on any atom is -0.394 e. The topological polar surface area (TPSA) is 77.8 Å². The Bertz CT molecular complexity index is 238. The number of unbranched alkanes of at least 4 members (excludes halogenated alkanes) is 9. The fraction of sp³-hybridized carbons (Fsp3) is 1.00. The zero-order chi connectivity index (χ0) is 15.3. The number of aliphatic hydroxyl groups excluding tert-OH is 2. The fourth-order valence-corrected chi connectivity index (χ4v) is 2.74. The Morgan fingerprint density at radius 2 is 1.40 bits per heavy atom. The lowest BCUT2D eigenvalue weighted by Crippen LogP contribution is -2.39. The van der Waals surface area contributed by atoms with Crippen molar-refractivity contribution < 1.29 is 19.9 Å². The molecule has 120 valence electrons. The van der Waals surface area contributed by atoms with Gasteiger partial charge in [0.25, 0.3) is 0 Å². The second-order valence-corrected chi connectivity index (χ2v) is 6.56. The van der Waals surface area contributed by atoms with Gasteiger partial charge < -0.3 is 15.3 Å². The molecule has 0 spiro atoms. The van der Waals surface area contributed by atoms with E-state index in [0.717, 1.165) is 19.3 Å². The summed E-state index contributed by atoms with van der Waals surface area (Å²) in [5, 5.41) is 26.4. The first-order chi connectivity index (χ1) is 9.60. The van der Waals surface area contributed by atoms with Crippen LogP contribution in [0.4, 0.5) is 0 Å². The molecule has 0 fully saturated rings. The first-order valence-corrected chi connectivity index (χ1v) is 8.77. The molecule has 0 aromatic rings. The Morgan fingerprint density at radius 1 is 0.950 bits per heavy atom. The van der Waals surface area contributed by atoms with E-state index in [1.807, 2.05) is 0 Å². The van der Waals surface area contributed by atoms with Gasteiger partial charge in [0, 0.05) is 0 Å². The van der Waals surface area contributed by atoms with E-state index in [0.29, 0.717) is 0 Å². The van der Waals surface area contributed by atoms with E-state index in [1.54, 1.807) is 0 Å². The molecule has 2 unspecified atom stereocenters. The zero-order valence-corrected chi connectivity index (χ0v) is 13.7. The first kappa shape index (κ1) is 20.0. The van der Waals surface area contributed by atoms with Gasteiger partial charge in [-0.2, -0.15) is 0 Å². The first-order valence-electron chi connectivity index (χ1n) is 7.96. The molecule has 0 aromatic carbocycles. The molecule has 0 amide bonds. The predicted octanol–water partition coefficient (Wildman–Crippen LogP) is 3.63. The standard InChI is InChI=1S/C15H31O4P/c1-2-3-4-5-6-7-8-9-10-11-12-15(18,20-19)14(17)13-16/h14,16-18H,2-13H2,1H3. The maximum atomic E-state index is 10.9. The van der Waals surface area contributed by atoms with Crippen molar-refractivity contribution in [1.29, 1.82) is 0 Å². The van der Waals surface area contributed by atoms with Crippen LogP contribution in [0.3, 0.4) is 0 Å². The summed E-state index contributed by atoms with van der Waals surface area (Å²) in [7, 11) is -0.512. The monoisotopic (exact) mass is 306 g/mol. The van der Waals surface area contributed by atoms with Crippen LogP contribution in [0.15, 0.2) is 0 Å². The molecule has 0 aliphatic carbocycles. The third-order valence-electron chi connectivity index (χ3n) is 3.76. The maximum absolute atomic E-state index is 10.9. The zero-order valence-electron chi connectivity index (χ0n) is 12.8. The second kappa shape index (κ2) is 12.7. The largest absolute Gasteiger partial charge is 0.394 e. The molecule has 5 heteroatoms. The molecule has 0 aliphatic heterocycles. The quantitative estimate of drug-likeness (QED) is 0.338. The lowest BCUT2D eigenvalue weighted by Gasteiger charge is -2.24. The Kier molecular flexibility index (Phi) is 12.7. The molecule has 0 heterocycles. The molecule has 0 bridgehead atoms. The summed E-state index contributed by atoms with van der Waals surface area (Å²) in [5.41, 5.74) is 0. The summed E-state index contributed by atoms with van der Waals surface area (Å²) < 4.78 is 10.9. The van der Waals surface area contributed by atoms with E-state index in [1.165, 1.54) is 44.9 Å². The van der Waals surface area contributed by atoms with Gasteiger partial charge in [-0.3, -0.25) is 4.57 Å². The average Bonchev–Trinajstić information content (AvgIpc) is 2.48. The van der Waals surface area contributed by atoms with Crippen LogP contribution < -0.4 is 0 Å². The fourth-order valence-electron chi connectivity index (χ4n) is 2.29. The summed E-state index contributed by atoms with van der Waals surface area (Å²) in [6, 6.07) is 0. The van der Waals surface area contributed by atoms with Crippen LogP contribution in [-0.4, -0.2) is 33.4 Å². The lowest BCUT2D eigenvalue weighted by atomic mass is 10.0. The third kappa shape index (κ3) is 9.02. The molecule has 3 N–H and O–H groups in total. The minimum atomic E-state index is -1.69. The Labute approximate surface area is 124 Å². The predicted molar refractivity (Wildman–Crippen MR) is 82.1 cm³/mol. The van der Waals surface area contributed by atoms with Crippen LogP contribution in [0, 0.1) is 0 Å². The van der Waals surface area contributed by atoms with E-state index in [9.17, 15) is 14.8 Å². The molecular formula is C15H31O4P. The molecule has 0 saturated heterocycles. The van der Waals surface area contributed by atoms with Crippen molar-refractivity contribution in [2.24, 2.45) is 0 Å². The van der Waals surface area contributed by atoms with Crippen LogP contribution in [-0.2, 0) is 4.57 Å². The van der Waals surface area contributed by atoms with Crippen LogP contribution in [0.25, 0.3) is 0 Å². The normalized spacial score (nSPS) is 16.2. The Hall–Kier alpha value is -0.0200. The van der Waals surface area contributed by atoms with Crippen molar-refractivity contribution in [3.8, 4) is 0 Å². The molecule has 0 aliphatic rings. The molecule has 4 nitrogen and oxygen atoms in total. The van der Waals surface area contributed by atoms with Crippen molar-refractivity contribution in [3.63, 3.8) is 0 Å². The van der Waals surface area contributed by atoms with Crippen molar-refractivity contribution in [2.75, 3.05) is 6.61 Å². The highest BCUT2D eigenvalue weighted by atomic mass is 31.1. The minimum absolute atomic E-state index is 0.260. The van der Waals surface area contributed by atoms with Crippen molar-refractivity contribution >= 4 is 8.46 Å². The summed E-state index contributed by atoms with van der Waals surface area (Å²) in [4.78, 5) is 0. The Morgan fingerprint density at radius 3 is 1.80 bits per heavy atom. The SMILES string of the molecule is CCCCCCCCCCCCC(O)(P=O)C(O)CO. The summed E-state index contributed by atoms with van der Waals surface area (Å²) in [5.74, 6) is 0. The summed E-state index contributed by atoms with van der Waals surface area (Å²) in [6.45, 7) is 1.65. The highest BCUT2D eigenvalue weighted by Gasteiger charge is 2.35. The summed E-state index contributed by atoms with van der Waals surface area (Å²) in [6.07, 6.45) is 10.7. The number of rotatable bonds is 14. The van der Waals surface area contributed by atoms with Gasteiger partial charge in [-0.25, -0.2) is 0 Å². The van der Waals surface area contributed by atoms with Crippen LogP contribution in [0.2, 0.25) is 0 Å². The molecule has 0 radical (unpaired) electrons.